The van der Waals surface area contributed by atoms with E-state index in [1.807, 2.05) is 12.1 Å². The van der Waals surface area contributed by atoms with Gasteiger partial charge in [0, 0.05) is 11.6 Å². The monoisotopic (exact) mass is 277 g/mol. The molecular weight excluding hydrogens is 250 g/mol. The van der Waals surface area contributed by atoms with Crippen LogP contribution in [-0.4, -0.2) is 35.7 Å². The van der Waals surface area contributed by atoms with E-state index >= 15 is 0 Å². The first-order valence-corrected chi connectivity index (χ1v) is 7.48. The summed E-state index contributed by atoms with van der Waals surface area (Å²) in [6, 6.07) is 6.19. The lowest BCUT2D eigenvalue weighted by Gasteiger charge is -2.45. The molecule has 1 aromatic rings. The summed E-state index contributed by atoms with van der Waals surface area (Å²) in [7, 11) is 3.81. The molecule has 0 bridgehead atoms. The molecule has 0 aromatic heterocycles. The summed E-state index contributed by atoms with van der Waals surface area (Å²) in [4.78, 5) is 2.34. The lowest BCUT2D eigenvalue weighted by atomic mass is 9.83. The van der Waals surface area contributed by atoms with Gasteiger partial charge in [-0.25, -0.2) is 0 Å². The Balaban J connectivity index is 2.25. The maximum absolute atomic E-state index is 10.7. The van der Waals surface area contributed by atoms with Gasteiger partial charge in [0.15, 0.2) is 0 Å². The fourth-order valence-corrected chi connectivity index (χ4v) is 2.99. The van der Waals surface area contributed by atoms with Crippen molar-refractivity contribution in [2.24, 2.45) is 0 Å². The van der Waals surface area contributed by atoms with E-state index in [0.717, 1.165) is 30.6 Å². The Morgan fingerprint density at radius 3 is 2.70 bits per heavy atom. The molecule has 0 spiro atoms. The maximum atomic E-state index is 10.7. The second-order valence-corrected chi connectivity index (χ2v) is 6.39. The Hall–Kier alpha value is -1.06. The van der Waals surface area contributed by atoms with Crippen molar-refractivity contribution < 1.29 is 9.84 Å². The molecule has 2 rings (SSSR count). The van der Waals surface area contributed by atoms with Crippen molar-refractivity contribution in [3.05, 3.63) is 29.3 Å². The van der Waals surface area contributed by atoms with E-state index in [2.05, 4.69) is 38.8 Å². The van der Waals surface area contributed by atoms with E-state index in [4.69, 9.17) is 4.74 Å². The Kier molecular flexibility index (Phi) is 4.40. The van der Waals surface area contributed by atoms with Crippen LogP contribution in [0, 0.1) is 0 Å². The molecule has 1 aliphatic rings. The summed E-state index contributed by atoms with van der Waals surface area (Å²) in [5.41, 5.74) is 2.38. The van der Waals surface area contributed by atoms with Gasteiger partial charge in [0.1, 0.15) is 5.75 Å². The van der Waals surface area contributed by atoms with Crippen LogP contribution in [0.5, 0.6) is 5.75 Å². The third kappa shape index (κ3) is 2.70. The van der Waals surface area contributed by atoms with Crippen LogP contribution >= 0.6 is 0 Å². The lowest BCUT2D eigenvalue weighted by molar-refractivity contribution is -0.00213. The number of methoxy groups -OCH3 is 1. The number of nitrogens with zero attached hydrogens (tertiary/aromatic N) is 1. The van der Waals surface area contributed by atoms with Crippen LogP contribution in [0.1, 0.15) is 50.8 Å². The molecular formula is C17H27NO2. The minimum Gasteiger partial charge on any atom is -0.497 e. The van der Waals surface area contributed by atoms with Crippen LogP contribution in [0.3, 0.4) is 0 Å². The van der Waals surface area contributed by atoms with Gasteiger partial charge >= 0.3 is 0 Å². The van der Waals surface area contributed by atoms with Crippen LogP contribution in [-0.2, 0) is 6.42 Å². The number of aliphatic hydroxyl groups is 1. The topological polar surface area (TPSA) is 32.7 Å². The van der Waals surface area contributed by atoms with E-state index in [-0.39, 0.29) is 11.6 Å². The van der Waals surface area contributed by atoms with Crippen LogP contribution in [0.2, 0.25) is 0 Å². The molecule has 1 aromatic carbocycles. The zero-order valence-electron chi connectivity index (χ0n) is 13.3. The van der Waals surface area contributed by atoms with Crippen LogP contribution in [0.25, 0.3) is 0 Å². The molecule has 2 unspecified atom stereocenters. The van der Waals surface area contributed by atoms with Crippen LogP contribution in [0.4, 0.5) is 0 Å². The number of likely N-dealkylation sites (N-methyl/N-ethyl adjacent to an activating group) is 1. The SMILES string of the molecule is CCC(C)(C)N(C)C1CCc2cc(OC)ccc2C1O. The molecule has 0 radical (unpaired) electrons. The van der Waals surface area contributed by atoms with Gasteiger partial charge in [-0.1, -0.05) is 13.0 Å². The molecule has 0 heterocycles. The summed E-state index contributed by atoms with van der Waals surface area (Å²) in [6.45, 7) is 6.68. The molecule has 112 valence electrons. The molecule has 0 fully saturated rings. The molecule has 1 N–H and O–H groups in total. The van der Waals surface area contributed by atoms with Gasteiger partial charge in [-0.05, 0) is 63.4 Å². The van der Waals surface area contributed by atoms with Gasteiger partial charge in [-0.3, -0.25) is 4.90 Å². The summed E-state index contributed by atoms with van der Waals surface area (Å²) in [5, 5.41) is 10.7. The van der Waals surface area contributed by atoms with Crippen molar-refractivity contribution in [2.45, 2.75) is 57.7 Å². The smallest absolute Gasteiger partial charge is 0.119 e. The quantitative estimate of drug-likeness (QED) is 0.917. The molecule has 0 aliphatic heterocycles. The Morgan fingerprint density at radius 2 is 2.10 bits per heavy atom. The highest BCUT2D eigenvalue weighted by molar-refractivity contribution is 5.39. The number of aliphatic hydroxyl groups excluding tert-OH is 1. The van der Waals surface area contributed by atoms with Crippen molar-refractivity contribution >= 4 is 0 Å². The Bertz CT molecular complexity index is 470. The van der Waals surface area contributed by atoms with Crippen molar-refractivity contribution in [2.75, 3.05) is 14.2 Å². The minimum absolute atomic E-state index is 0.107. The zero-order valence-corrected chi connectivity index (χ0v) is 13.3. The average molecular weight is 277 g/mol. The molecule has 0 amide bonds. The first-order chi connectivity index (χ1) is 9.40. The largest absolute Gasteiger partial charge is 0.497 e. The number of aryl methyl sites for hydroxylation is 1. The highest BCUT2D eigenvalue weighted by atomic mass is 16.5. The molecule has 0 saturated heterocycles. The summed E-state index contributed by atoms with van der Waals surface area (Å²) in [6.07, 6.45) is 2.64. The molecule has 0 saturated carbocycles. The summed E-state index contributed by atoms with van der Waals surface area (Å²) >= 11 is 0. The van der Waals surface area contributed by atoms with Gasteiger partial charge in [-0.2, -0.15) is 0 Å². The van der Waals surface area contributed by atoms with E-state index < -0.39 is 6.10 Å². The fraction of sp³-hybridized carbons (Fsp3) is 0.647. The third-order valence-electron chi connectivity index (χ3n) is 5.06. The normalized spacial score (nSPS) is 22.8. The number of ether oxygens (including phenoxy) is 1. The second-order valence-electron chi connectivity index (χ2n) is 6.39. The standard InChI is InChI=1S/C17H27NO2/c1-6-17(2,3)18(4)15-10-7-12-11-13(20-5)8-9-14(12)16(15)19/h8-9,11,15-16,19H,6-7,10H2,1-5H3. The molecule has 1 aliphatic carbocycles. The first kappa shape index (κ1) is 15.3. The van der Waals surface area contributed by atoms with Crippen LogP contribution < -0.4 is 4.74 Å². The molecule has 2 atom stereocenters. The predicted octanol–water partition coefficient (Wildman–Crippen LogP) is 3.16. The highest BCUT2D eigenvalue weighted by Crippen LogP contribution is 2.37. The Labute approximate surface area is 122 Å². The van der Waals surface area contributed by atoms with E-state index in [1.54, 1.807) is 7.11 Å². The summed E-state index contributed by atoms with van der Waals surface area (Å²) in [5.74, 6) is 0.872. The van der Waals surface area contributed by atoms with Gasteiger partial charge in [0.25, 0.3) is 0 Å². The number of rotatable bonds is 4. The lowest BCUT2D eigenvalue weighted by Crippen LogP contribution is -2.50. The van der Waals surface area contributed by atoms with Crippen molar-refractivity contribution in [1.82, 2.24) is 4.90 Å². The van der Waals surface area contributed by atoms with Gasteiger partial charge in [-0.15, -0.1) is 0 Å². The highest BCUT2D eigenvalue weighted by Gasteiger charge is 2.36. The third-order valence-corrected chi connectivity index (χ3v) is 5.06. The molecule has 3 nitrogen and oxygen atoms in total. The van der Waals surface area contributed by atoms with E-state index in [9.17, 15) is 5.11 Å². The Morgan fingerprint density at radius 1 is 1.40 bits per heavy atom. The van der Waals surface area contributed by atoms with Gasteiger partial charge in [0.05, 0.1) is 13.2 Å². The summed E-state index contributed by atoms with van der Waals surface area (Å²) < 4.78 is 5.27. The van der Waals surface area contributed by atoms with E-state index in [0.29, 0.717) is 0 Å². The fourth-order valence-electron chi connectivity index (χ4n) is 2.99. The van der Waals surface area contributed by atoms with Gasteiger partial charge in [0.2, 0.25) is 0 Å². The van der Waals surface area contributed by atoms with E-state index in [1.165, 1.54) is 5.56 Å². The van der Waals surface area contributed by atoms with Crippen molar-refractivity contribution in [3.8, 4) is 5.75 Å². The second kappa shape index (κ2) is 5.74. The van der Waals surface area contributed by atoms with Crippen molar-refractivity contribution in [1.29, 1.82) is 0 Å². The number of hydrogen-bond donors (Lipinski definition) is 1. The average Bonchev–Trinajstić information content (AvgIpc) is 2.46. The molecule has 20 heavy (non-hydrogen) atoms. The maximum Gasteiger partial charge on any atom is 0.119 e. The van der Waals surface area contributed by atoms with Gasteiger partial charge < -0.3 is 9.84 Å². The number of benzene rings is 1. The predicted molar refractivity (Wildman–Crippen MR) is 82.2 cm³/mol. The number of hydrogen-bond acceptors (Lipinski definition) is 3. The zero-order chi connectivity index (χ0) is 14.9. The minimum atomic E-state index is -0.416. The van der Waals surface area contributed by atoms with Crippen LogP contribution in [0.15, 0.2) is 18.2 Å². The molecule has 3 heteroatoms. The first-order valence-electron chi connectivity index (χ1n) is 7.48. The number of fused-ring (bicyclic) bond motifs is 1. The van der Waals surface area contributed by atoms with Crippen molar-refractivity contribution in [3.63, 3.8) is 0 Å².